The van der Waals surface area contributed by atoms with Crippen LogP contribution >= 0.6 is 0 Å². The first-order valence-corrected chi connectivity index (χ1v) is 5.99. The number of fused-ring (bicyclic) bond motifs is 1. The van der Waals surface area contributed by atoms with E-state index in [4.69, 9.17) is 9.47 Å². The van der Waals surface area contributed by atoms with Gasteiger partial charge in [0.2, 0.25) is 0 Å². The molecule has 0 spiro atoms. The number of aromatic nitrogens is 1. The second kappa shape index (κ2) is 7.78. The van der Waals surface area contributed by atoms with Crippen molar-refractivity contribution in [1.82, 2.24) is 10.3 Å². The minimum Gasteiger partial charge on any atom is -0.486 e. The van der Waals surface area contributed by atoms with E-state index in [1.807, 2.05) is 6.07 Å². The molecule has 0 bridgehead atoms. The summed E-state index contributed by atoms with van der Waals surface area (Å²) < 4.78 is 10.9. The average Bonchev–Trinajstić information content (AvgIpc) is 2.39. The summed E-state index contributed by atoms with van der Waals surface area (Å²) >= 11 is 0. The molecule has 0 radical (unpaired) electrons. The van der Waals surface area contributed by atoms with Gasteiger partial charge in [-0.1, -0.05) is 6.10 Å². The van der Waals surface area contributed by atoms with Crippen LogP contribution in [-0.2, 0) is 26.0 Å². The monoisotopic (exact) mass is 314 g/mol. The summed E-state index contributed by atoms with van der Waals surface area (Å²) in [7, 11) is 0. The molecular formula is C13H18N2O3Zn. The van der Waals surface area contributed by atoms with Gasteiger partial charge in [-0.3, -0.25) is 4.98 Å². The summed E-state index contributed by atoms with van der Waals surface area (Å²) in [4.78, 5) is 4.27. The molecule has 19 heavy (non-hydrogen) atoms. The maximum Gasteiger partial charge on any atom is 2.00 e. The SMILES string of the molecule is [CH2-]C[C@@H](NCc1cc2c(cn1)OCCO2)[C@@H]([CH2-])O.[Zn+2]. The Hall–Kier alpha value is -0.707. The Morgan fingerprint density at radius 2 is 2.05 bits per heavy atom. The molecule has 2 N–H and O–H groups in total. The van der Waals surface area contributed by atoms with Crippen molar-refractivity contribution in [3.05, 3.63) is 31.8 Å². The van der Waals surface area contributed by atoms with Gasteiger partial charge >= 0.3 is 19.5 Å². The third-order valence-corrected chi connectivity index (χ3v) is 2.81. The standard InChI is InChI=1S/C13H18N2O3.Zn/c1-3-11(9(2)16)15-7-10-6-12-13(8-14-10)18-5-4-17-12;/h6,8-9,11,15-16H,1-5,7H2;/q-2;+2/t9-,11-;/m1./s1. The van der Waals surface area contributed by atoms with E-state index < -0.39 is 6.10 Å². The van der Waals surface area contributed by atoms with Crippen LogP contribution in [-0.4, -0.2) is 35.5 Å². The van der Waals surface area contributed by atoms with Crippen LogP contribution < -0.4 is 14.8 Å². The minimum absolute atomic E-state index is 0. The molecule has 2 atom stereocenters. The first kappa shape index (κ1) is 16.3. The summed E-state index contributed by atoms with van der Waals surface area (Å²) in [5, 5.41) is 12.6. The number of hydrogen-bond donors (Lipinski definition) is 2. The van der Waals surface area contributed by atoms with Gasteiger partial charge in [0, 0.05) is 12.6 Å². The quantitative estimate of drug-likeness (QED) is 0.619. The second-order valence-electron chi connectivity index (χ2n) is 4.16. The van der Waals surface area contributed by atoms with Gasteiger partial charge in [-0.05, 0) is 6.04 Å². The van der Waals surface area contributed by atoms with Crippen molar-refractivity contribution in [3.63, 3.8) is 0 Å². The third-order valence-electron chi connectivity index (χ3n) is 2.81. The summed E-state index contributed by atoms with van der Waals surface area (Å²) in [5.74, 6) is 1.39. The summed E-state index contributed by atoms with van der Waals surface area (Å²) in [5.41, 5.74) is 0.832. The van der Waals surface area contributed by atoms with Gasteiger partial charge in [0.15, 0.2) is 11.5 Å². The molecule has 0 amide bonds. The van der Waals surface area contributed by atoms with Crippen LogP contribution in [0.4, 0.5) is 0 Å². The van der Waals surface area contributed by atoms with Gasteiger partial charge in [0.05, 0.1) is 11.9 Å². The molecule has 0 saturated carbocycles. The van der Waals surface area contributed by atoms with Crippen LogP contribution in [0.2, 0.25) is 0 Å². The van der Waals surface area contributed by atoms with Gasteiger partial charge in [-0.2, -0.15) is 6.42 Å². The molecule has 0 aliphatic carbocycles. The van der Waals surface area contributed by atoms with E-state index in [0.29, 0.717) is 31.9 Å². The summed E-state index contributed by atoms with van der Waals surface area (Å²) in [6.07, 6.45) is 1.54. The van der Waals surface area contributed by atoms with Crippen LogP contribution in [0.25, 0.3) is 0 Å². The molecule has 1 aliphatic heterocycles. The van der Waals surface area contributed by atoms with Gasteiger partial charge < -0.3 is 33.7 Å². The predicted molar refractivity (Wildman–Crippen MR) is 67.2 cm³/mol. The smallest absolute Gasteiger partial charge is 0.486 e. The van der Waals surface area contributed by atoms with Gasteiger partial charge in [-0.15, -0.1) is 0 Å². The Bertz CT molecular complexity index is 401. The minimum atomic E-state index is -0.681. The maximum absolute atomic E-state index is 9.40. The normalized spacial score (nSPS) is 16.4. The zero-order valence-electron chi connectivity index (χ0n) is 11.0. The van der Waals surface area contributed by atoms with Crippen LogP contribution in [0.15, 0.2) is 12.3 Å². The van der Waals surface area contributed by atoms with Crippen molar-refractivity contribution >= 4 is 0 Å². The van der Waals surface area contributed by atoms with E-state index in [9.17, 15) is 5.11 Å². The number of aliphatic hydroxyl groups excluding tert-OH is 1. The van der Waals surface area contributed by atoms with E-state index in [-0.39, 0.29) is 25.5 Å². The van der Waals surface area contributed by atoms with Gasteiger partial charge in [-0.25, -0.2) is 0 Å². The first-order chi connectivity index (χ1) is 8.70. The summed E-state index contributed by atoms with van der Waals surface area (Å²) in [6, 6.07) is 1.71. The molecule has 2 rings (SSSR count). The number of aliphatic hydroxyl groups is 1. The third kappa shape index (κ3) is 4.41. The molecule has 2 heterocycles. The van der Waals surface area contributed by atoms with Crippen LogP contribution in [0.3, 0.4) is 0 Å². The molecule has 1 aromatic heterocycles. The number of hydrogen-bond acceptors (Lipinski definition) is 5. The van der Waals surface area contributed by atoms with E-state index in [1.54, 1.807) is 6.20 Å². The fourth-order valence-corrected chi connectivity index (χ4v) is 1.75. The fraction of sp³-hybridized carbons (Fsp3) is 0.462. The van der Waals surface area contributed by atoms with Crippen molar-refractivity contribution < 1.29 is 34.1 Å². The zero-order chi connectivity index (χ0) is 13.0. The molecule has 1 aliphatic rings. The molecule has 0 fully saturated rings. The molecular weight excluding hydrogens is 298 g/mol. The van der Waals surface area contributed by atoms with Crippen LogP contribution in [0, 0.1) is 13.8 Å². The second-order valence-corrected chi connectivity index (χ2v) is 4.16. The van der Waals surface area contributed by atoms with E-state index in [1.165, 1.54) is 0 Å². The van der Waals surface area contributed by atoms with Crippen molar-refractivity contribution in [1.29, 1.82) is 0 Å². The largest absolute Gasteiger partial charge is 2.00 e. The van der Waals surface area contributed by atoms with Crippen molar-refractivity contribution in [3.8, 4) is 11.5 Å². The Kier molecular flexibility index (Phi) is 6.69. The molecule has 5 nitrogen and oxygen atoms in total. The molecule has 1 aromatic rings. The topological polar surface area (TPSA) is 63.6 Å². The number of nitrogens with one attached hydrogen (secondary N) is 1. The molecule has 6 heteroatoms. The Morgan fingerprint density at radius 3 is 2.68 bits per heavy atom. The first-order valence-electron chi connectivity index (χ1n) is 5.99. The summed E-state index contributed by atoms with van der Waals surface area (Å²) in [6.45, 7) is 8.99. The molecule has 0 aromatic carbocycles. The molecule has 0 unspecified atom stereocenters. The number of ether oxygens (including phenoxy) is 2. The molecule has 0 saturated heterocycles. The zero-order valence-corrected chi connectivity index (χ0v) is 13.9. The van der Waals surface area contributed by atoms with Crippen molar-refractivity contribution in [2.75, 3.05) is 13.2 Å². The van der Waals surface area contributed by atoms with Gasteiger partial charge in [0.1, 0.15) is 13.2 Å². The number of nitrogens with zero attached hydrogens (tertiary/aromatic N) is 1. The van der Waals surface area contributed by atoms with E-state index in [0.717, 1.165) is 11.4 Å². The van der Waals surface area contributed by atoms with E-state index in [2.05, 4.69) is 24.1 Å². The molecule has 100 valence electrons. The maximum atomic E-state index is 9.40. The van der Waals surface area contributed by atoms with Crippen LogP contribution in [0.1, 0.15) is 12.1 Å². The van der Waals surface area contributed by atoms with Crippen molar-refractivity contribution in [2.24, 2.45) is 0 Å². The Morgan fingerprint density at radius 1 is 1.37 bits per heavy atom. The number of pyridine rings is 1. The van der Waals surface area contributed by atoms with Crippen LogP contribution in [0.5, 0.6) is 11.5 Å². The predicted octanol–water partition coefficient (Wildman–Crippen LogP) is 0.728. The number of rotatable bonds is 5. The van der Waals surface area contributed by atoms with Crippen molar-refractivity contribution in [2.45, 2.75) is 25.1 Å². The fourth-order valence-electron chi connectivity index (χ4n) is 1.75. The van der Waals surface area contributed by atoms with Gasteiger partial charge in [0.25, 0.3) is 0 Å². The Labute approximate surface area is 126 Å². The van der Waals surface area contributed by atoms with E-state index >= 15 is 0 Å². The average molecular weight is 316 g/mol. The Balaban J connectivity index is 0.00000180.